The van der Waals surface area contributed by atoms with E-state index in [4.69, 9.17) is 0 Å². The number of fused-ring (bicyclic) bond motifs is 1. The number of hydrazone groups is 1. The number of hydrogen-bond acceptors (Lipinski definition) is 5. The first kappa shape index (κ1) is 12.8. The van der Waals surface area contributed by atoms with E-state index in [1.54, 1.807) is 17.6 Å². The molecule has 2 aromatic heterocycles. The minimum absolute atomic E-state index is 0.793. The van der Waals surface area contributed by atoms with Gasteiger partial charge in [0.15, 0.2) is 0 Å². The Morgan fingerprint density at radius 3 is 2.80 bits per heavy atom. The van der Waals surface area contributed by atoms with Gasteiger partial charge in [0.1, 0.15) is 0 Å². The highest BCUT2D eigenvalue weighted by atomic mass is 32.1. The van der Waals surface area contributed by atoms with Gasteiger partial charge in [0, 0.05) is 18.3 Å². The van der Waals surface area contributed by atoms with Crippen molar-refractivity contribution in [1.82, 2.24) is 14.8 Å². The van der Waals surface area contributed by atoms with Gasteiger partial charge >= 0.3 is 0 Å². The van der Waals surface area contributed by atoms with Gasteiger partial charge in [-0.15, -0.1) is 0 Å². The van der Waals surface area contributed by atoms with E-state index >= 15 is 0 Å². The molecule has 2 heterocycles. The van der Waals surface area contributed by atoms with Crippen molar-refractivity contribution in [3.8, 4) is 0 Å². The molecule has 0 aliphatic carbocycles. The van der Waals surface area contributed by atoms with Crippen molar-refractivity contribution >= 4 is 32.9 Å². The second-order valence-electron chi connectivity index (χ2n) is 4.56. The van der Waals surface area contributed by atoms with Gasteiger partial charge in [-0.25, -0.2) is 4.98 Å². The second-order valence-corrected chi connectivity index (χ2v) is 5.60. The van der Waals surface area contributed by atoms with E-state index < -0.39 is 0 Å². The van der Waals surface area contributed by atoms with Gasteiger partial charge in [-0.3, -0.25) is 10.1 Å². The van der Waals surface area contributed by atoms with Crippen molar-refractivity contribution in [2.75, 3.05) is 5.43 Å². The summed E-state index contributed by atoms with van der Waals surface area (Å²) in [6.07, 6.45) is 1.80. The van der Waals surface area contributed by atoms with Gasteiger partial charge in [-0.1, -0.05) is 23.5 Å². The molecule has 20 heavy (non-hydrogen) atoms. The molecule has 0 aliphatic heterocycles. The maximum atomic E-state index is 4.47. The molecule has 1 aromatic carbocycles. The fraction of sp³-hybridized carbons (Fsp3) is 0.214. The number of nitrogens with zero attached hydrogens (tertiary/aromatic N) is 4. The lowest BCUT2D eigenvalue weighted by atomic mass is 10.2. The summed E-state index contributed by atoms with van der Waals surface area (Å²) in [6.45, 7) is 4.01. The Morgan fingerprint density at radius 1 is 1.30 bits per heavy atom. The highest BCUT2D eigenvalue weighted by Gasteiger charge is 2.06. The van der Waals surface area contributed by atoms with Gasteiger partial charge in [-0.05, 0) is 26.0 Å². The first-order valence-corrected chi connectivity index (χ1v) is 7.11. The molecule has 6 heteroatoms. The van der Waals surface area contributed by atoms with E-state index in [-0.39, 0.29) is 0 Å². The number of nitrogens with one attached hydrogen (secondary N) is 1. The van der Waals surface area contributed by atoms with Crippen molar-refractivity contribution in [2.24, 2.45) is 12.1 Å². The molecule has 0 bridgehead atoms. The van der Waals surface area contributed by atoms with Crippen molar-refractivity contribution in [1.29, 1.82) is 0 Å². The largest absolute Gasteiger partial charge is 0.272 e. The average Bonchev–Trinajstić information content (AvgIpc) is 2.94. The Kier molecular flexibility index (Phi) is 3.23. The number of para-hydroxylation sites is 1. The predicted molar refractivity (Wildman–Crippen MR) is 83.5 cm³/mol. The van der Waals surface area contributed by atoms with E-state index in [9.17, 15) is 0 Å². The average molecular weight is 285 g/mol. The van der Waals surface area contributed by atoms with Crippen LogP contribution in [0.4, 0.5) is 5.13 Å². The van der Waals surface area contributed by atoms with E-state index in [2.05, 4.69) is 26.7 Å². The maximum Gasteiger partial charge on any atom is 0.204 e. The lowest BCUT2D eigenvalue weighted by Gasteiger charge is -1.95. The molecule has 0 aliphatic rings. The molecular formula is C14H15N5S. The summed E-state index contributed by atoms with van der Waals surface area (Å²) in [6, 6.07) is 8.04. The molecule has 0 unspecified atom stereocenters. The molecule has 0 radical (unpaired) electrons. The van der Waals surface area contributed by atoms with Crippen LogP contribution in [0.15, 0.2) is 29.4 Å². The van der Waals surface area contributed by atoms with Gasteiger partial charge < -0.3 is 0 Å². The van der Waals surface area contributed by atoms with Crippen molar-refractivity contribution < 1.29 is 0 Å². The predicted octanol–water partition coefficient (Wildman–Crippen LogP) is 3.09. The van der Waals surface area contributed by atoms with Crippen LogP contribution in [0.3, 0.4) is 0 Å². The number of anilines is 1. The lowest BCUT2D eigenvalue weighted by molar-refractivity contribution is 0.731. The van der Waals surface area contributed by atoms with Crippen LogP contribution < -0.4 is 5.43 Å². The van der Waals surface area contributed by atoms with E-state index in [0.717, 1.165) is 32.3 Å². The molecule has 0 amide bonds. The quantitative estimate of drug-likeness (QED) is 0.594. The van der Waals surface area contributed by atoms with Crippen molar-refractivity contribution in [2.45, 2.75) is 13.8 Å². The Morgan fingerprint density at radius 2 is 2.10 bits per heavy atom. The zero-order chi connectivity index (χ0) is 14.1. The molecule has 102 valence electrons. The van der Waals surface area contributed by atoms with Crippen LogP contribution >= 0.6 is 11.3 Å². The molecule has 0 saturated carbocycles. The molecule has 0 fully saturated rings. The van der Waals surface area contributed by atoms with Gasteiger partial charge in [0.05, 0.1) is 22.1 Å². The number of aryl methyl sites for hydroxylation is 2. The minimum Gasteiger partial charge on any atom is -0.272 e. The Labute approximate surface area is 121 Å². The zero-order valence-corrected chi connectivity index (χ0v) is 12.4. The van der Waals surface area contributed by atoms with Crippen LogP contribution in [0.5, 0.6) is 0 Å². The summed E-state index contributed by atoms with van der Waals surface area (Å²) in [5.41, 5.74) is 7.09. The third-order valence-electron chi connectivity index (χ3n) is 3.21. The summed E-state index contributed by atoms with van der Waals surface area (Å²) in [5.74, 6) is 0. The molecule has 0 spiro atoms. The van der Waals surface area contributed by atoms with E-state index in [0.29, 0.717) is 0 Å². The number of aromatic nitrogens is 3. The smallest absolute Gasteiger partial charge is 0.204 e. The fourth-order valence-electron chi connectivity index (χ4n) is 2.05. The first-order chi connectivity index (χ1) is 9.65. The Hall–Kier alpha value is -2.21. The van der Waals surface area contributed by atoms with Gasteiger partial charge in [-0.2, -0.15) is 10.2 Å². The van der Waals surface area contributed by atoms with Crippen LogP contribution in [0.1, 0.15) is 17.0 Å². The number of rotatable bonds is 3. The number of benzene rings is 1. The Balaban J connectivity index is 1.80. The van der Waals surface area contributed by atoms with E-state index in [1.165, 1.54) is 0 Å². The number of hydrogen-bond donors (Lipinski definition) is 1. The SMILES string of the molecule is Cc1nn(C)c(C)c1/C=N/Nc1nc2ccccc2s1. The van der Waals surface area contributed by atoms with Crippen LogP contribution in [-0.4, -0.2) is 21.0 Å². The highest BCUT2D eigenvalue weighted by molar-refractivity contribution is 7.22. The highest BCUT2D eigenvalue weighted by Crippen LogP contribution is 2.25. The molecule has 0 saturated heterocycles. The summed E-state index contributed by atoms with van der Waals surface area (Å²) in [7, 11) is 1.93. The first-order valence-electron chi connectivity index (χ1n) is 6.30. The molecular weight excluding hydrogens is 270 g/mol. The van der Waals surface area contributed by atoms with Gasteiger partial charge in [0.2, 0.25) is 5.13 Å². The molecule has 1 N–H and O–H groups in total. The molecule has 0 atom stereocenters. The zero-order valence-electron chi connectivity index (χ0n) is 11.6. The van der Waals surface area contributed by atoms with Crippen molar-refractivity contribution in [3.05, 3.63) is 41.2 Å². The monoisotopic (exact) mass is 285 g/mol. The second kappa shape index (κ2) is 5.05. The normalized spacial score (nSPS) is 11.6. The summed E-state index contributed by atoms with van der Waals surface area (Å²) in [4.78, 5) is 4.47. The van der Waals surface area contributed by atoms with E-state index in [1.807, 2.05) is 43.8 Å². The van der Waals surface area contributed by atoms with Crippen LogP contribution in [0.2, 0.25) is 0 Å². The van der Waals surface area contributed by atoms with Crippen LogP contribution in [-0.2, 0) is 7.05 Å². The fourth-order valence-corrected chi connectivity index (χ4v) is 2.86. The summed E-state index contributed by atoms with van der Waals surface area (Å²) >= 11 is 1.59. The summed E-state index contributed by atoms with van der Waals surface area (Å²) < 4.78 is 3.01. The van der Waals surface area contributed by atoms with Gasteiger partial charge in [0.25, 0.3) is 0 Å². The molecule has 5 nitrogen and oxygen atoms in total. The van der Waals surface area contributed by atoms with Crippen LogP contribution in [0, 0.1) is 13.8 Å². The topological polar surface area (TPSA) is 55.1 Å². The third-order valence-corrected chi connectivity index (χ3v) is 4.15. The third kappa shape index (κ3) is 2.30. The maximum absolute atomic E-state index is 4.47. The molecule has 3 aromatic rings. The Bertz CT molecular complexity index is 751. The van der Waals surface area contributed by atoms with Crippen molar-refractivity contribution in [3.63, 3.8) is 0 Å². The lowest BCUT2D eigenvalue weighted by Crippen LogP contribution is -1.94. The standard InChI is InChI=1S/C14H15N5S/c1-9-11(10(2)19(3)18-9)8-15-17-14-16-12-6-4-5-7-13(12)20-14/h4-8H,1-3H3,(H,16,17)/b15-8+. The molecule has 3 rings (SSSR count). The summed E-state index contributed by atoms with van der Waals surface area (Å²) in [5, 5.41) is 9.41. The van der Waals surface area contributed by atoms with Crippen LogP contribution in [0.25, 0.3) is 10.2 Å². The number of thiazole rings is 1. The minimum atomic E-state index is 0.793.